The van der Waals surface area contributed by atoms with Gasteiger partial charge in [0.2, 0.25) is 5.91 Å². The number of aliphatic hydroxyl groups is 2. The maximum absolute atomic E-state index is 12.4. The zero-order chi connectivity index (χ0) is 43.0. The van der Waals surface area contributed by atoms with E-state index in [0.717, 1.165) is 51.4 Å². The molecule has 0 saturated heterocycles. The van der Waals surface area contributed by atoms with Crippen LogP contribution in [0.3, 0.4) is 0 Å². The maximum atomic E-state index is 12.4. The number of amides is 1. The van der Waals surface area contributed by atoms with Gasteiger partial charge in [0.25, 0.3) is 0 Å². The summed E-state index contributed by atoms with van der Waals surface area (Å²) in [6.45, 7) is 4.83. The highest BCUT2D eigenvalue weighted by atomic mass is 16.5. The summed E-state index contributed by atoms with van der Waals surface area (Å²) in [6, 6.07) is -0.671. The second-order valence-corrected chi connectivity index (χ2v) is 17.5. The van der Waals surface area contributed by atoms with Crippen molar-refractivity contribution in [2.45, 2.75) is 276 Å². The summed E-state index contributed by atoms with van der Waals surface area (Å²) in [7, 11) is 0. The molecule has 0 spiro atoms. The van der Waals surface area contributed by atoms with Gasteiger partial charge in [0.1, 0.15) is 0 Å². The fourth-order valence-corrected chi connectivity index (χ4v) is 7.68. The van der Waals surface area contributed by atoms with E-state index in [0.29, 0.717) is 25.9 Å². The van der Waals surface area contributed by atoms with E-state index in [-0.39, 0.29) is 18.5 Å². The molecule has 1 amide bonds. The molecule has 59 heavy (non-hydrogen) atoms. The van der Waals surface area contributed by atoms with Gasteiger partial charge in [0.15, 0.2) is 0 Å². The smallest absolute Gasteiger partial charge is 0.305 e. The quantitative estimate of drug-likeness (QED) is 0.0323. The number of rotatable bonds is 47. The Labute approximate surface area is 366 Å². The van der Waals surface area contributed by atoms with Crippen LogP contribution in [0.4, 0.5) is 0 Å². The number of hydrogen-bond donors (Lipinski definition) is 3. The number of unbranched alkanes of at least 4 members (excludes halogenated alkanes) is 32. The lowest BCUT2D eigenvalue weighted by Crippen LogP contribution is -2.45. The van der Waals surface area contributed by atoms with Crippen LogP contribution in [0.2, 0.25) is 0 Å². The standard InChI is InChI=1S/C53H99NO5/c1-3-5-7-9-11-13-15-16-17-18-19-20-22-26-29-33-37-41-45-51(56)50(49-55)54-52(57)46-42-38-34-30-27-23-21-24-28-32-36-40-44-48-59-53(58)47-43-39-35-31-25-14-12-10-8-6-4-2/h23,27,34,38,41,45,50-51,55-56H,3-22,24-26,28-33,35-37,39-40,42-44,46-49H2,1-2H3,(H,54,57)/b27-23-,38-34-,45-41+. The predicted molar refractivity (Wildman–Crippen MR) is 255 cm³/mol. The van der Waals surface area contributed by atoms with Crippen molar-refractivity contribution in [3.05, 3.63) is 36.5 Å². The van der Waals surface area contributed by atoms with Crippen LogP contribution in [-0.4, -0.2) is 47.4 Å². The van der Waals surface area contributed by atoms with Crippen molar-refractivity contribution < 1.29 is 24.5 Å². The second-order valence-electron chi connectivity index (χ2n) is 17.5. The molecule has 0 fully saturated rings. The third-order valence-electron chi connectivity index (χ3n) is 11.7. The average Bonchev–Trinajstić information content (AvgIpc) is 3.24. The molecular formula is C53H99NO5. The SMILES string of the molecule is CCCCCCCCCCCCCCCCCC/C=C/C(O)C(CO)NC(=O)CC/C=C\C/C=C\CCCCCCCCOC(=O)CCCCCCCCCCCCC. The largest absolute Gasteiger partial charge is 0.466 e. The Kier molecular flexibility index (Phi) is 47.2. The third kappa shape index (κ3) is 45.4. The Morgan fingerprint density at radius 1 is 0.475 bits per heavy atom. The van der Waals surface area contributed by atoms with Gasteiger partial charge >= 0.3 is 5.97 Å². The normalized spacial score (nSPS) is 12.9. The van der Waals surface area contributed by atoms with Crippen LogP contribution in [0.15, 0.2) is 36.5 Å². The van der Waals surface area contributed by atoms with Crippen LogP contribution >= 0.6 is 0 Å². The Morgan fingerprint density at radius 3 is 1.32 bits per heavy atom. The minimum atomic E-state index is -0.879. The van der Waals surface area contributed by atoms with Crippen LogP contribution in [0.25, 0.3) is 0 Å². The first kappa shape index (κ1) is 57.1. The molecule has 6 heteroatoms. The van der Waals surface area contributed by atoms with Gasteiger partial charge in [0.05, 0.1) is 25.4 Å². The maximum Gasteiger partial charge on any atom is 0.305 e. The van der Waals surface area contributed by atoms with E-state index in [1.165, 1.54) is 180 Å². The lowest BCUT2D eigenvalue weighted by molar-refractivity contribution is -0.143. The summed E-state index contributed by atoms with van der Waals surface area (Å²) in [4.78, 5) is 24.4. The molecule has 0 radical (unpaired) electrons. The molecule has 2 unspecified atom stereocenters. The zero-order valence-electron chi connectivity index (χ0n) is 39.2. The lowest BCUT2D eigenvalue weighted by atomic mass is 10.0. The minimum Gasteiger partial charge on any atom is -0.466 e. The molecule has 0 heterocycles. The molecule has 0 aliphatic rings. The predicted octanol–water partition coefficient (Wildman–Crippen LogP) is 15.3. The van der Waals surface area contributed by atoms with Crippen LogP contribution < -0.4 is 5.32 Å². The van der Waals surface area contributed by atoms with E-state index in [9.17, 15) is 19.8 Å². The third-order valence-corrected chi connectivity index (χ3v) is 11.7. The molecule has 0 aliphatic carbocycles. The molecule has 0 aromatic rings. The average molecular weight is 830 g/mol. The molecule has 346 valence electrons. The molecule has 2 atom stereocenters. The van der Waals surface area contributed by atoms with Gasteiger partial charge in [0, 0.05) is 12.8 Å². The summed E-state index contributed by atoms with van der Waals surface area (Å²) in [5, 5.41) is 23.0. The molecule has 0 saturated carbocycles. The summed E-state index contributed by atoms with van der Waals surface area (Å²) in [6.07, 6.45) is 58.7. The van der Waals surface area contributed by atoms with Crippen LogP contribution in [0.1, 0.15) is 264 Å². The highest BCUT2D eigenvalue weighted by Gasteiger charge is 2.17. The molecule has 3 N–H and O–H groups in total. The monoisotopic (exact) mass is 830 g/mol. The Balaban J connectivity index is 3.61. The van der Waals surface area contributed by atoms with Crippen molar-refractivity contribution in [3.8, 4) is 0 Å². The number of hydrogen-bond acceptors (Lipinski definition) is 5. The van der Waals surface area contributed by atoms with Gasteiger partial charge in [-0.15, -0.1) is 0 Å². The Morgan fingerprint density at radius 2 is 0.864 bits per heavy atom. The number of allylic oxidation sites excluding steroid dienone is 5. The first-order chi connectivity index (χ1) is 29.0. The summed E-state index contributed by atoms with van der Waals surface area (Å²) in [5.74, 6) is -0.167. The highest BCUT2D eigenvalue weighted by molar-refractivity contribution is 5.76. The highest BCUT2D eigenvalue weighted by Crippen LogP contribution is 2.15. The number of carbonyl (C=O) groups excluding carboxylic acids is 2. The minimum absolute atomic E-state index is 0.0192. The molecule has 0 bridgehead atoms. The topological polar surface area (TPSA) is 95.9 Å². The van der Waals surface area contributed by atoms with Gasteiger partial charge in [-0.05, 0) is 51.4 Å². The van der Waals surface area contributed by atoms with Gasteiger partial charge < -0.3 is 20.3 Å². The summed E-state index contributed by atoms with van der Waals surface area (Å²) in [5.41, 5.74) is 0. The summed E-state index contributed by atoms with van der Waals surface area (Å²) < 4.78 is 5.43. The van der Waals surface area contributed by atoms with Gasteiger partial charge in [-0.25, -0.2) is 0 Å². The fraction of sp³-hybridized carbons (Fsp3) is 0.849. The number of aliphatic hydroxyl groups excluding tert-OH is 2. The van der Waals surface area contributed by atoms with Crippen LogP contribution in [-0.2, 0) is 14.3 Å². The van der Waals surface area contributed by atoms with E-state index in [1.807, 2.05) is 12.2 Å². The Hall–Kier alpha value is -1.92. The van der Waals surface area contributed by atoms with Gasteiger partial charge in [-0.2, -0.15) is 0 Å². The lowest BCUT2D eigenvalue weighted by Gasteiger charge is -2.19. The van der Waals surface area contributed by atoms with E-state index >= 15 is 0 Å². The van der Waals surface area contributed by atoms with E-state index in [4.69, 9.17) is 4.74 Å². The van der Waals surface area contributed by atoms with Crippen molar-refractivity contribution in [1.29, 1.82) is 0 Å². The van der Waals surface area contributed by atoms with Gasteiger partial charge in [-0.1, -0.05) is 237 Å². The Bertz CT molecular complexity index is 962. The van der Waals surface area contributed by atoms with Crippen LogP contribution in [0.5, 0.6) is 0 Å². The number of carbonyl (C=O) groups is 2. The fourth-order valence-electron chi connectivity index (χ4n) is 7.68. The number of ether oxygens (including phenoxy) is 1. The zero-order valence-corrected chi connectivity index (χ0v) is 39.2. The summed E-state index contributed by atoms with van der Waals surface area (Å²) >= 11 is 0. The molecule has 6 nitrogen and oxygen atoms in total. The van der Waals surface area contributed by atoms with Crippen molar-refractivity contribution in [2.75, 3.05) is 13.2 Å². The molecule has 0 aromatic heterocycles. The molecule has 0 rings (SSSR count). The van der Waals surface area contributed by atoms with Crippen molar-refractivity contribution in [1.82, 2.24) is 5.32 Å². The number of esters is 1. The number of nitrogens with one attached hydrogen (secondary N) is 1. The van der Waals surface area contributed by atoms with Crippen molar-refractivity contribution in [3.63, 3.8) is 0 Å². The molecule has 0 aromatic carbocycles. The van der Waals surface area contributed by atoms with E-state index in [2.05, 4.69) is 37.4 Å². The molecular weight excluding hydrogens is 731 g/mol. The van der Waals surface area contributed by atoms with Crippen LogP contribution in [0, 0.1) is 0 Å². The van der Waals surface area contributed by atoms with Crippen molar-refractivity contribution >= 4 is 11.9 Å². The van der Waals surface area contributed by atoms with Gasteiger partial charge in [-0.3, -0.25) is 9.59 Å². The van der Waals surface area contributed by atoms with E-state index in [1.54, 1.807) is 6.08 Å². The first-order valence-electron chi connectivity index (χ1n) is 25.8. The first-order valence-corrected chi connectivity index (χ1v) is 25.8. The van der Waals surface area contributed by atoms with E-state index < -0.39 is 12.1 Å². The molecule has 0 aliphatic heterocycles. The second kappa shape index (κ2) is 48.7. The van der Waals surface area contributed by atoms with Crippen molar-refractivity contribution in [2.24, 2.45) is 0 Å².